The number of guanidine groups is 1. The highest BCUT2D eigenvalue weighted by Crippen LogP contribution is 2.17. The molecule has 1 aliphatic rings. The first-order chi connectivity index (χ1) is 12.7. The number of nitrogens with zero attached hydrogens (tertiary/aromatic N) is 1. The van der Waals surface area contributed by atoms with E-state index < -0.39 is 22.6 Å². The normalized spacial score (nSPS) is 19.9. The second kappa shape index (κ2) is 9.41. The topological polar surface area (TPSA) is 79.8 Å². The van der Waals surface area contributed by atoms with Crippen LogP contribution in [0.25, 0.3) is 0 Å². The first-order valence-corrected chi connectivity index (χ1v) is 10.4. The van der Waals surface area contributed by atoms with Crippen molar-refractivity contribution in [3.05, 3.63) is 35.4 Å². The van der Waals surface area contributed by atoms with Gasteiger partial charge in [-0.15, -0.1) is 0 Å². The summed E-state index contributed by atoms with van der Waals surface area (Å²) in [6.45, 7) is -0.345. The maximum atomic E-state index is 12.1. The van der Waals surface area contributed by atoms with Gasteiger partial charge in [0.15, 0.2) is 15.8 Å². The molecule has 0 spiro atoms. The van der Waals surface area contributed by atoms with E-state index >= 15 is 0 Å². The van der Waals surface area contributed by atoms with Crippen molar-refractivity contribution in [1.82, 2.24) is 10.6 Å². The molecule has 1 aliphatic heterocycles. The number of rotatable bonds is 7. The largest absolute Gasteiger partial charge is 0.411 e. The summed E-state index contributed by atoms with van der Waals surface area (Å²) in [5.41, 5.74) is 1.59. The van der Waals surface area contributed by atoms with Crippen molar-refractivity contribution in [3.8, 4) is 0 Å². The lowest BCUT2D eigenvalue weighted by Crippen LogP contribution is -2.39. The van der Waals surface area contributed by atoms with Gasteiger partial charge < -0.3 is 15.4 Å². The predicted molar refractivity (Wildman–Crippen MR) is 97.1 cm³/mol. The van der Waals surface area contributed by atoms with Gasteiger partial charge in [0.2, 0.25) is 0 Å². The summed E-state index contributed by atoms with van der Waals surface area (Å²) in [6.07, 6.45) is -3.67. The molecule has 1 atom stereocenters. The van der Waals surface area contributed by atoms with Gasteiger partial charge in [-0.1, -0.05) is 24.3 Å². The van der Waals surface area contributed by atoms with Crippen molar-refractivity contribution in [2.24, 2.45) is 10.9 Å². The third-order valence-corrected chi connectivity index (χ3v) is 5.96. The van der Waals surface area contributed by atoms with Crippen LogP contribution in [0.5, 0.6) is 0 Å². The Labute approximate surface area is 157 Å². The van der Waals surface area contributed by atoms with Crippen LogP contribution in [0.4, 0.5) is 13.2 Å². The zero-order chi connectivity index (χ0) is 19.9. The van der Waals surface area contributed by atoms with E-state index in [1.807, 2.05) is 0 Å². The number of alkyl halides is 3. The molecule has 1 aromatic rings. The fourth-order valence-corrected chi connectivity index (χ4v) is 4.58. The molecule has 10 heteroatoms. The first kappa shape index (κ1) is 21.5. The van der Waals surface area contributed by atoms with E-state index in [1.165, 1.54) is 0 Å². The molecule has 1 aromatic carbocycles. The smallest absolute Gasteiger partial charge is 0.367 e. The van der Waals surface area contributed by atoms with Crippen LogP contribution < -0.4 is 10.6 Å². The molecule has 0 bridgehead atoms. The maximum Gasteiger partial charge on any atom is 0.411 e. The van der Waals surface area contributed by atoms with Gasteiger partial charge in [-0.25, -0.2) is 8.42 Å². The lowest BCUT2D eigenvalue weighted by atomic mass is 10.1. The maximum absolute atomic E-state index is 12.1. The number of nitrogens with one attached hydrogen (secondary N) is 2. The molecule has 152 valence electrons. The number of halogens is 3. The van der Waals surface area contributed by atoms with Crippen LogP contribution in [0.1, 0.15) is 17.5 Å². The Hall–Kier alpha value is -1.81. The fourth-order valence-electron chi connectivity index (χ4n) is 2.72. The third kappa shape index (κ3) is 8.17. The minimum absolute atomic E-state index is 0.0875. The van der Waals surface area contributed by atoms with Gasteiger partial charge >= 0.3 is 6.18 Å². The SMILES string of the molecule is CN=C(NCc1ccc(COCC(F)(F)F)cc1)NCC1CCS(=O)(=O)C1. The van der Waals surface area contributed by atoms with Gasteiger partial charge in [0.05, 0.1) is 18.1 Å². The third-order valence-electron chi connectivity index (χ3n) is 4.13. The number of ether oxygens (including phenoxy) is 1. The second-order valence-corrected chi connectivity index (χ2v) is 8.73. The molecule has 2 rings (SSSR count). The quantitative estimate of drug-likeness (QED) is 0.533. The Kier molecular flexibility index (Phi) is 7.49. The molecular formula is C17H24F3N3O3S. The molecule has 0 aromatic heterocycles. The van der Waals surface area contributed by atoms with Crippen molar-refractivity contribution in [3.63, 3.8) is 0 Å². The molecule has 1 saturated heterocycles. The summed E-state index contributed by atoms with van der Waals surface area (Å²) in [4.78, 5) is 4.10. The highest BCUT2D eigenvalue weighted by atomic mass is 32.2. The summed E-state index contributed by atoms with van der Waals surface area (Å²) in [5.74, 6) is 1.10. The van der Waals surface area contributed by atoms with E-state index in [9.17, 15) is 21.6 Å². The number of benzene rings is 1. The average Bonchev–Trinajstić information content (AvgIpc) is 2.94. The highest BCUT2D eigenvalue weighted by molar-refractivity contribution is 7.91. The highest BCUT2D eigenvalue weighted by Gasteiger charge is 2.28. The number of hydrogen-bond donors (Lipinski definition) is 2. The van der Waals surface area contributed by atoms with Crippen LogP contribution in [-0.2, 0) is 27.7 Å². The van der Waals surface area contributed by atoms with E-state index in [4.69, 9.17) is 0 Å². The zero-order valence-electron chi connectivity index (χ0n) is 15.1. The van der Waals surface area contributed by atoms with Gasteiger partial charge in [0.25, 0.3) is 0 Å². The molecule has 0 saturated carbocycles. The van der Waals surface area contributed by atoms with E-state index in [2.05, 4.69) is 20.4 Å². The number of sulfone groups is 1. The van der Waals surface area contributed by atoms with Crippen molar-refractivity contribution < 1.29 is 26.3 Å². The lowest BCUT2D eigenvalue weighted by molar-refractivity contribution is -0.176. The van der Waals surface area contributed by atoms with Crippen LogP contribution in [0.3, 0.4) is 0 Å². The van der Waals surface area contributed by atoms with Crippen LogP contribution in [0.2, 0.25) is 0 Å². The monoisotopic (exact) mass is 407 g/mol. The van der Waals surface area contributed by atoms with Crippen molar-refractivity contribution in [1.29, 1.82) is 0 Å². The Bertz CT molecular complexity index is 734. The molecule has 0 aliphatic carbocycles. The summed E-state index contributed by atoms with van der Waals surface area (Å²) < 4.78 is 63.7. The molecule has 1 fully saturated rings. The molecule has 27 heavy (non-hydrogen) atoms. The standard InChI is InChI=1S/C17H24F3N3O3S/c1-21-16(23-9-15-6-7-27(24,25)11-15)22-8-13-2-4-14(5-3-13)10-26-12-17(18,19)20/h2-5,15H,6-12H2,1H3,(H2,21,22,23). The van der Waals surface area contributed by atoms with Crippen molar-refractivity contribution in [2.45, 2.75) is 25.7 Å². The molecule has 0 radical (unpaired) electrons. The summed E-state index contributed by atoms with van der Waals surface area (Å²) in [6, 6.07) is 7.03. The van der Waals surface area contributed by atoms with Crippen molar-refractivity contribution in [2.75, 3.05) is 31.7 Å². The van der Waals surface area contributed by atoms with Gasteiger partial charge in [0.1, 0.15) is 6.61 Å². The average molecular weight is 407 g/mol. The van der Waals surface area contributed by atoms with Crippen LogP contribution >= 0.6 is 0 Å². The van der Waals surface area contributed by atoms with Gasteiger partial charge in [0, 0.05) is 20.1 Å². The van der Waals surface area contributed by atoms with Gasteiger partial charge in [-0.05, 0) is 23.5 Å². The van der Waals surface area contributed by atoms with E-state index in [0.29, 0.717) is 31.0 Å². The van der Waals surface area contributed by atoms with E-state index in [0.717, 1.165) is 5.56 Å². The second-order valence-electron chi connectivity index (χ2n) is 6.50. The molecule has 6 nitrogen and oxygen atoms in total. The van der Waals surface area contributed by atoms with Crippen LogP contribution in [-0.4, -0.2) is 52.3 Å². The Morgan fingerprint density at radius 3 is 2.44 bits per heavy atom. The van der Waals surface area contributed by atoms with Crippen LogP contribution in [0.15, 0.2) is 29.3 Å². The van der Waals surface area contributed by atoms with Crippen molar-refractivity contribution >= 4 is 15.8 Å². The minimum atomic E-state index is -4.32. The van der Waals surface area contributed by atoms with Gasteiger partial charge in [-0.2, -0.15) is 13.2 Å². The van der Waals surface area contributed by atoms with Crippen LogP contribution in [0, 0.1) is 5.92 Å². The minimum Gasteiger partial charge on any atom is -0.367 e. The van der Waals surface area contributed by atoms with E-state index in [1.54, 1.807) is 31.3 Å². The lowest BCUT2D eigenvalue weighted by Gasteiger charge is -2.14. The fraction of sp³-hybridized carbons (Fsp3) is 0.588. The predicted octanol–water partition coefficient (Wildman–Crippen LogP) is 1.87. The summed E-state index contributed by atoms with van der Waals surface area (Å²) >= 11 is 0. The Morgan fingerprint density at radius 1 is 1.22 bits per heavy atom. The molecule has 0 amide bonds. The molecule has 1 unspecified atom stereocenters. The first-order valence-electron chi connectivity index (χ1n) is 8.54. The summed E-state index contributed by atoms with van der Waals surface area (Å²) in [7, 11) is -1.27. The summed E-state index contributed by atoms with van der Waals surface area (Å²) in [5, 5.41) is 6.24. The van der Waals surface area contributed by atoms with Gasteiger partial charge in [-0.3, -0.25) is 4.99 Å². The van der Waals surface area contributed by atoms with E-state index in [-0.39, 0.29) is 24.0 Å². The Morgan fingerprint density at radius 2 is 1.89 bits per heavy atom. The zero-order valence-corrected chi connectivity index (χ0v) is 15.9. The number of hydrogen-bond acceptors (Lipinski definition) is 4. The number of aliphatic imine (C=N–C) groups is 1. The molecule has 2 N–H and O–H groups in total. The molecular weight excluding hydrogens is 383 g/mol. The Balaban J connectivity index is 1.72. The molecule has 1 heterocycles.